The van der Waals surface area contributed by atoms with Gasteiger partial charge in [0.05, 0.1) is 18.6 Å². The van der Waals surface area contributed by atoms with Crippen molar-refractivity contribution in [2.75, 3.05) is 24.7 Å². The number of carbonyl (C=O) groups is 2. The van der Waals surface area contributed by atoms with E-state index >= 15 is 0 Å². The predicted molar refractivity (Wildman–Crippen MR) is 104 cm³/mol. The minimum Gasteiger partial charge on any atom is -0.395 e. The first-order chi connectivity index (χ1) is 12.6. The zero-order valence-corrected chi connectivity index (χ0v) is 15.8. The highest BCUT2D eigenvalue weighted by atomic mass is 32.2. The molecule has 2 aliphatic heterocycles. The van der Waals surface area contributed by atoms with Gasteiger partial charge in [-0.2, -0.15) is 0 Å². The van der Waals surface area contributed by atoms with E-state index in [0.29, 0.717) is 23.5 Å². The summed E-state index contributed by atoms with van der Waals surface area (Å²) in [6.45, 7) is -0.604. The summed E-state index contributed by atoms with van der Waals surface area (Å²) in [6, 6.07) is 15.1. The molecule has 0 bridgehead atoms. The van der Waals surface area contributed by atoms with Crippen molar-refractivity contribution in [3.8, 4) is 0 Å². The minimum absolute atomic E-state index is 0.151. The van der Waals surface area contributed by atoms with Crippen molar-refractivity contribution in [1.82, 2.24) is 0 Å². The van der Waals surface area contributed by atoms with E-state index in [1.165, 1.54) is 11.8 Å². The molecule has 0 fully saturated rings. The highest BCUT2D eigenvalue weighted by molar-refractivity contribution is 7.99. The van der Waals surface area contributed by atoms with E-state index in [1.807, 2.05) is 36.4 Å². The molecule has 2 N–H and O–H groups in total. The van der Waals surface area contributed by atoms with E-state index in [1.54, 1.807) is 23.9 Å². The summed E-state index contributed by atoms with van der Waals surface area (Å²) in [5.41, 5.74) is 0.513. The third-order valence-corrected chi connectivity index (χ3v) is 6.94. The zero-order valence-electron chi connectivity index (χ0n) is 14.2. The molecule has 0 radical (unpaired) electrons. The van der Waals surface area contributed by atoms with Crippen molar-refractivity contribution in [2.45, 2.75) is 16.2 Å². The minimum atomic E-state index is -1.00. The first-order valence-electron chi connectivity index (χ1n) is 8.35. The Morgan fingerprint density at radius 1 is 0.846 bits per heavy atom. The van der Waals surface area contributed by atoms with Crippen LogP contribution in [-0.2, 0) is 0 Å². The molecule has 4 rings (SSSR count). The van der Waals surface area contributed by atoms with Gasteiger partial charge in [0.2, 0.25) is 0 Å². The van der Waals surface area contributed by atoms with E-state index in [0.717, 1.165) is 21.1 Å². The summed E-state index contributed by atoms with van der Waals surface area (Å²) in [4.78, 5) is 25.4. The van der Waals surface area contributed by atoms with Crippen molar-refractivity contribution < 1.29 is 19.8 Å². The monoisotopic (exact) mass is 388 g/mol. The maximum absolute atomic E-state index is 12.1. The number of rotatable bonds is 2. The second-order valence-corrected chi connectivity index (χ2v) is 8.38. The van der Waals surface area contributed by atoms with E-state index in [9.17, 15) is 19.8 Å². The van der Waals surface area contributed by atoms with Gasteiger partial charge in [-0.25, -0.2) is 0 Å². The number of aliphatic hydroxyl groups excluding tert-OH is 2. The molecular formula is C20H20O4S2. The van der Waals surface area contributed by atoms with Crippen LogP contribution in [-0.4, -0.2) is 46.5 Å². The third kappa shape index (κ3) is 3.74. The Kier molecular flexibility index (Phi) is 6.19. The van der Waals surface area contributed by atoms with E-state index in [-0.39, 0.29) is 19.0 Å². The Morgan fingerprint density at radius 3 is 2.04 bits per heavy atom. The Hall–Kier alpha value is -1.60. The van der Waals surface area contributed by atoms with Gasteiger partial charge in [-0.1, -0.05) is 36.4 Å². The molecule has 0 amide bonds. The molecule has 0 saturated carbocycles. The van der Waals surface area contributed by atoms with Crippen molar-refractivity contribution in [3.05, 3.63) is 59.7 Å². The largest absolute Gasteiger partial charge is 0.395 e. The maximum Gasteiger partial charge on any atom is 0.175 e. The molecule has 4 nitrogen and oxygen atoms in total. The van der Waals surface area contributed by atoms with Gasteiger partial charge < -0.3 is 10.2 Å². The molecule has 0 atom stereocenters. The molecule has 26 heavy (non-hydrogen) atoms. The van der Waals surface area contributed by atoms with E-state index in [4.69, 9.17) is 0 Å². The highest BCUT2D eigenvalue weighted by Crippen LogP contribution is 2.39. The second-order valence-electron chi connectivity index (χ2n) is 6.23. The van der Waals surface area contributed by atoms with Crippen LogP contribution in [0.5, 0.6) is 0 Å². The Morgan fingerprint density at radius 2 is 1.42 bits per heavy atom. The van der Waals surface area contributed by atoms with Crippen LogP contribution in [0.4, 0.5) is 0 Å². The Bertz CT molecular complexity index is 815. The van der Waals surface area contributed by atoms with Crippen molar-refractivity contribution in [1.29, 1.82) is 0 Å². The maximum atomic E-state index is 12.1. The molecular weight excluding hydrogens is 368 g/mol. The summed E-state index contributed by atoms with van der Waals surface area (Å²) in [6.07, 6.45) is 0.696. The van der Waals surface area contributed by atoms with E-state index < -0.39 is 5.41 Å². The number of ketones is 2. The second kappa shape index (κ2) is 8.39. The van der Waals surface area contributed by atoms with Gasteiger partial charge in [-0.15, -0.1) is 23.5 Å². The summed E-state index contributed by atoms with van der Waals surface area (Å²) < 4.78 is 0. The van der Waals surface area contributed by atoms with Gasteiger partial charge in [0.1, 0.15) is 0 Å². The summed E-state index contributed by atoms with van der Waals surface area (Å²) in [5.74, 6) is 1.52. The molecule has 136 valence electrons. The molecule has 0 unspecified atom stereocenters. The first-order valence-corrected chi connectivity index (χ1v) is 10.3. The van der Waals surface area contributed by atoms with Crippen LogP contribution >= 0.6 is 23.5 Å². The van der Waals surface area contributed by atoms with Crippen LogP contribution in [0, 0.1) is 5.41 Å². The SMILES string of the molecule is O=C1CCSc2ccccc21.O=C1c2ccccc2SCC1(CO)CO. The number of thioether (sulfide) groups is 2. The van der Waals surface area contributed by atoms with Crippen molar-refractivity contribution in [3.63, 3.8) is 0 Å². The number of carbonyl (C=O) groups excluding carboxylic acids is 2. The molecule has 0 aromatic heterocycles. The van der Waals surface area contributed by atoms with Crippen LogP contribution < -0.4 is 0 Å². The fourth-order valence-corrected chi connectivity index (χ4v) is 5.10. The lowest BCUT2D eigenvalue weighted by Crippen LogP contribution is -2.43. The quantitative estimate of drug-likeness (QED) is 0.822. The lowest BCUT2D eigenvalue weighted by atomic mass is 9.83. The smallest absolute Gasteiger partial charge is 0.175 e. The number of hydrogen-bond donors (Lipinski definition) is 2. The van der Waals surface area contributed by atoms with E-state index in [2.05, 4.69) is 0 Å². The van der Waals surface area contributed by atoms with Gasteiger partial charge in [-0.3, -0.25) is 9.59 Å². The fourth-order valence-electron chi connectivity index (χ4n) is 2.84. The normalized spacial score (nSPS) is 17.6. The van der Waals surface area contributed by atoms with Gasteiger partial charge in [-0.05, 0) is 12.1 Å². The third-order valence-electron chi connectivity index (χ3n) is 4.50. The molecule has 0 saturated heterocycles. The zero-order chi connectivity index (χ0) is 18.6. The van der Waals surface area contributed by atoms with Gasteiger partial charge in [0, 0.05) is 38.8 Å². The summed E-state index contributed by atoms with van der Waals surface area (Å²) in [7, 11) is 0. The van der Waals surface area contributed by atoms with Crippen molar-refractivity contribution in [2.24, 2.45) is 5.41 Å². The number of benzene rings is 2. The average molecular weight is 389 g/mol. The molecule has 2 heterocycles. The van der Waals surface area contributed by atoms with Crippen LogP contribution in [0.25, 0.3) is 0 Å². The molecule has 0 aliphatic carbocycles. The first kappa shape index (κ1) is 19.2. The number of fused-ring (bicyclic) bond motifs is 2. The lowest BCUT2D eigenvalue weighted by molar-refractivity contribution is 0.0489. The standard InChI is InChI=1S/C11H12O3S.C9H8OS/c12-5-11(6-13)7-15-9-4-2-1-3-8(9)10(11)14;10-8-5-6-11-9-4-2-1-3-7(8)9/h1-4,12-13H,5-7H2;1-4H,5-6H2. The van der Waals surface area contributed by atoms with Gasteiger partial charge in [0.15, 0.2) is 11.6 Å². The average Bonchev–Trinajstić information content (AvgIpc) is 2.70. The Labute approximate surface area is 161 Å². The van der Waals surface area contributed by atoms with Gasteiger partial charge in [0.25, 0.3) is 0 Å². The lowest BCUT2D eigenvalue weighted by Gasteiger charge is -2.32. The number of Topliss-reactive ketones (excluding diaryl/α,β-unsaturated/α-hetero) is 2. The number of aliphatic hydroxyl groups is 2. The number of hydrogen-bond acceptors (Lipinski definition) is 6. The topological polar surface area (TPSA) is 74.6 Å². The molecule has 0 spiro atoms. The van der Waals surface area contributed by atoms with Gasteiger partial charge >= 0.3 is 0 Å². The predicted octanol–water partition coefficient (Wildman–Crippen LogP) is 3.31. The molecule has 2 aromatic rings. The van der Waals surface area contributed by atoms with Crippen LogP contribution in [0.1, 0.15) is 27.1 Å². The molecule has 2 aliphatic rings. The Balaban J connectivity index is 0.000000158. The summed E-state index contributed by atoms with van der Waals surface area (Å²) in [5, 5.41) is 18.5. The molecule has 6 heteroatoms. The summed E-state index contributed by atoms with van der Waals surface area (Å²) >= 11 is 3.28. The fraction of sp³-hybridized carbons (Fsp3) is 0.300. The van der Waals surface area contributed by atoms with Crippen molar-refractivity contribution >= 4 is 35.1 Å². The van der Waals surface area contributed by atoms with Crippen LogP contribution in [0.2, 0.25) is 0 Å². The molecule has 2 aromatic carbocycles. The van der Waals surface area contributed by atoms with Crippen LogP contribution in [0.15, 0.2) is 58.3 Å². The van der Waals surface area contributed by atoms with Crippen LogP contribution in [0.3, 0.4) is 0 Å². The highest BCUT2D eigenvalue weighted by Gasteiger charge is 2.42.